The van der Waals surface area contributed by atoms with Gasteiger partial charge in [0.05, 0.1) is 4.83 Å². The molecule has 0 radical (unpaired) electrons. The number of aromatic nitrogens is 1. The number of benzene rings is 1. The van der Waals surface area contributed by atoms with Gasteiger partial charge in [0.25, 0.3) is 0 Å². The minimum absolute atomic E-state index is 0.0968. The summed E-state index contributed by atoms with van der Waals surface area (Å²) in [5.41, 5.74) is 1.60. The molecule has 0 amide bonds. The molecular weight excluding hydrogens is 361 g/mol. The number of pyridine rings is 1. The highest BCUT2D eigenvalue weighted by Crippen LogP contribution is 2.38. The highest BCUT2D eigenvalue weighted by atomic mass is 79.9. The molecule has 0 bridgehead atoms. The van der Waals surface area contributed by atoms with E-state index in [0.29, 0.717) is 5.56 Å². The molecule has 0 aliphatic rings. The van der Waals surface area contributed by atoms with Crippen molar-refractivity contribution in [3.63, 3.8) is 0 Å². The third-order valence-corrected chi connectivity index (χ3v) is 4.63. The van der Waals surface area contributed by atoms with Crippen LogP contribution in [0, 0.1) is 5.82 Å². The van der Waals surface area contributed by atoms with Crippen molar-refractivity contribution in [2.45, 2.75) is 17.7 Å². The fourth-order valence-corrected chi connectivity index (χ4v) is 2.77. The second-order valence-electron chi connectivity index (χ2n) is 4.11. The first-order valence-electron chi connectivity index (χ1n) is 5.59. The van der Waals surface area contributed by atoms with Gasteiger partial charge in [0, 0.05) is 27.8 Å². The van der Waals surface area contributed by atoms with Crippen molar-refractivity contribution in [2.75, 3.05) is 0 Å². The lowest BCUT2D eigenvalue weighted by Gasteiger charge is -2.19. The minimum Gasteiger partial charge on any atom is -0.261 e. The molecule has 0 saturated heterocycles. The van der Waals surface area contributed by atoms with Crippen molar-refractivity contribution in [3.05, 3.63) is 64.1 Å². The highest BCUT2D eigenvalue weighted by molar-refractivity contribution is 9.10. The minimum atomic E-state index is -0.214. The summed E-state index contributed by atoms with van der Waals surface area (Å²) in [6.07, 6.45) is 1.75. The zero-order valence-electron chi connectivity index (χ0n) is 9.78. The van der Waals surface area contributed by atoms with E-state index >= 15 is 0 Å². The first-order valence-corrected chi connectivity index (χ1v) is 7.30. The summed E-state index contributed by atoms with van der Waals surface area (Å²) in [5, 5.41) is 0. The molecule has 2 unspecified atom stereocenters. The molecule has 2 rings (SSSR count). The van der Waals surface area contributed by atoms with Crippen LogP contribution in [0.3, 0.4) is 0 Å². The number of nitrogens with zero attached hydrogens (tertiary/aromatic N) is 1. The third-order valence-electron chi connectivity index (χ3n) is 2.85. The summed E-state index contributed by atoms with van der Waals surface area (Å²) in [5.74, 6) is -0.115. The van der Waals surface area contributed by atoms with Gasteiger partial charge in [-0.1, -0.05) is 50.9 Å². The molecule has 0 fully saturated rings. The van der Waals surface area contributed by atoms with E-state index in [9.17, 15) is 4.39 Å². The molecule has 4 heteroatoms. The van der Waals surface area contributed by atoms with Gasteiger partial charge in [0.2, 0.25) is 0 Å². The van der Waals surface area contributed by atoms with Gasteiger partial charge in [-0.05, 0) is 24.3 Å². The van der Waals surface area contributed by atoms with Crippen molar-refractivity contribution in [3.8, 4) is 0 Å². The Labute approximate surface area is 123 Å². The number of alkyl halides is 1. The molecule has 1 nitrogen and oxygen atoms in total. The van der Waals surface area contributed by atoms with Crippen LogP contribution in [0.4, 0.5) is 4.39 Å². The lowest BCUT2D eigenvalue weighted by Crippen LogP contribution is -2.05. The summed E-state index contributed by atoms with van der Waals surface area (Å²) in [7, 11) is 0. The SMILES string of the molecule is CC(c1ccccn1)C(Br)c1ccc(Br)cc1F. The van der Waals surface area contributed by atoms with E-state index in [0.717, 1.165) is 10.2 Å². The molecule has 94 valence electrons. The fourth-order valence-electron chi connectivity index (χ4n) is 1.79. The van der Waals surface area contributed by atoms with E-state index in [1.807, 2.05) is 31.2 Å². The Kier molecular flexibility index (Phi) is 4.51. The molecule has 0 aliphatic carbocycles. The standard InChI is InChI=1S/C14H12Br2FN/c1-9(13-4-2-3-7-18-13)14(16)11-6-5-10(15)8-12(11)17/h2-9,14H,1H3. The van der Waals surface area contributed by atoms with Gasteiger partial charge in [-0.3, -0.25) is 4.98 Å². The van der Waals surface area contributed by atoms with Gasteiger partial charge >= 0.3 is 0 Å². The van der Waals surface area contributed by atoms with Crippen LogP contribution in [0.5, 0.6) is 0 Å². The van der Waals surface area contributed by atoms with E-state index in [2.05, 4.69) is 36.8 Å². The predicted molar refractivity (Wildman–Crippen MR) is 78.4 cm³/mol. The quantitative estimate of drug-likeness (QED) is 0.673. The summed E-state index contributed by atoms with van der Waals surface area (Å²) >= 11 is 6.83. The highest BCUT2D eigenvalue weighted by Gasteiger charge is 2.21. The molecule has 0 N–H and O–H groups in total. The Morgan fingerprint density at radius 1 is 1.22 bits per heavy atom. The van der Waals surface area contributed by atoms with E-state index in [4.69, 9.17) is 0 Å². The smallest absolute Gasteiger partial charge is 0.128 e. The van der Waals surface area contributed by atoms with Crippen LogP contribution in [0.2, 0.25) is 0 Å². The average Bonchev–Trinajstić information content (AvgIpc) is 2.38. The Morgan fingerprint density at radius 3 is 2.61 bits per heavy atom. The number of rotatable bonds is 3. The Bertz CT molecular complexity index is 531. The Hall–Kier alpha value is -0.740. The monoisotopic (exact) mass is 371 g/mol. The predicted octanol–water partition coefficient (Wildman–Crippen LogP) is 5.22. The first-order chi connectivity index (χ1) is 8.59. The van der Waals surface area contributed by atoms with Crippen molar-refractivity contribution in [1.82, 2.24) is 4.98 Å². The van der Waals surface area contributed by atoms with E-state index < -0.39 is 0 Å². The van der Waals surface area contributed by atoms with Gasteiger partial charge in [0.1, 0.15) is 5.82 Å². The normalized spacial score (nSPS) is 14.2. The lowest BCUT2D eigenvalue weighted by molar-refractivity contribution is 0.593. The molecule has 0 spiro atoms. The van der Waals surface area contributed by atoms with Gasteiger partial charge in [-0.15, -0.1) is 0 Å². The molecular formula is C14H12Br2FN. The average molecular weight is 373 g/mol. The second-order valence-corrected chi connectivity index (χ2v) is 6.01. The first kappa shape index (κ1) is 13.7. The van der Waals surface area contributed by atoms with Crippen LogP contribution in [0.15, 0.2) is 47.1 Å². The molecule has 1 aromatic heterocycles. The van der Waals surface area contributed by atoms with Crippen LogP contribution in [0.25, 0.3) is 0 Å². The fraction of sp³-hybridized carbons (Fsp3) is 0.214. The molecule has 1 heterocycles. The summed E-state index contributed by atoms with van der Waals surface area (Å²) in [4.78, 5) is 4.21. The van der Waals surface area contributed by atoms with Crippen LogP contribution in [-0.4, -0.2) is 4.98 Å². The number of hydrogen-bond donors (Lipinski definition) is 0. The summed E-state index contributed by atoms with van der Waals surface area (Å²) in [6, 6.07) is 10.9. The van der Waals surface area contributed by atoms with Crippen LogP contribution < -0.4 is 0 Å². The number of hydrogen-bond acceptors (Lipinski definition) is 1. The van der Waals surface area contributed by atoms with Crippen molar-refractivity contribution in [2.24, 2.45) is 0 Å². The van der Waals surface area contributed by atoms with Crippen molar-refractivity contribution >= 4 is 31.9 Å². The molecule has 0 aliphatic heterocycles. The molecule has 1 aromatic carbocycles. The maximum Gasteiger partial charge on any atom is 0.128 e. The van der Waals surface area contributed by atoms with Crippen LogP contribution in [0.1, 0.15) is 28.9 Å². The van der Waals surface area contributed by atoms with E-state index in [1.165, 1.54) is 6.07 Å². The topological polar surface area (TPSA) is 12.9 Å². The summed E-state index contributed by atoms with van der Waals surface area (Å²) in [6.45, 7) is 2.03. The summed E-state index contributed by atoms with van der Waals surface area (Å²) < 4.78 is 14.6. The molecule has 0 saturated carbocycles. The van der Waals surface area contributed by atoms with Crippen LogP contribution >= 0.6 is 31.9 Å². The van der Waals surface area contributed by atoms with E-state index in [-0.39, 0.29) is 16.6 Å². The maximum atomic E-state index is 13.9. The molecule has 2 atom stereocenters. The largest absolute Gasteiger partial charge is 0.261 e. The van der Waals surface area contributed by atoms with Crippen molar-refractivity contribution < 1.29 is 4.39 Å². The van der Waals surface area contributed by atoms with Crippen LogP contribution in [-0.2, 0) is 0 Å². The zero-order chi connectivity index (χ0) is 13.1. The Balaban J connectivity index is 2.28. The van der Waals surface area contributed by atoms with Gasteiger partial charge in [-0.25, -0.2) is 4.39 Å². The molecule has 2 aromatic rings. The van der Waals surface area contributed by atoms with E-state index in [1.54, 1.807) is 12.3 Å². The van der Waals surface area contributed by atoms with Gasteiger partial charge in [-0.2, -0.15) is 0 Å². The second kappa shape index (κ2) is 5.93. The molecule has 18 heavy (non-hydrogen) atoms. The number of halogens is 3. The Morgan fingerprint density at radius 2 is 2.00 bits per heavy atom. The lowest BCUT2D eigenvalue weighted by atomic mass is 9.97. The zero-order valence-corrected chi connectivity index (χ0v) is 12.9. The van der Waals surface area contributed by atoms with Gasteiger partial charge in [0.15, 0.2) is 0 Å². The maximum absolute atomic E-state index is 13.9. The van der Waals surface area contributed by atoms with Gasteiger partial charge < -0.3 is 0 Å². The third kappa shape index (κ3) is 2.98. The van der Waals surface area contributed by atoms with Crippen molar-refractivity contribution in [1.29, 1.82) is 0 Å².